The quantitative estimate of drug-likeness (QED) is 0.184. The van der Waals surface area contributed by atoms with Gasteiger partial charge >= 0.3 is 0 Å². The number of nitrogens with two attached hydrogens (primary N) is 1. The first-order chi connectivity index (χ1) is 20.4. The van der Waals surface area contributed by atoms with Crippen molar-refractivity contribution in [3.8, 4) is 0 Å². The third-order valence-electron chi connectivity index (χ3n) is 7.95. The number of anilines is 1. The number of nitrogens with zero attached hydrogens (tertiary/aromatic N) is 3. The van der Waals surface area contributed by atoms with Gasteiger partial charge in [0, 0.05) is 52.6 Å². The number of amides is 1. The Bertz CT molecular complexity index is 1650. The first-order valence-electron chi connectivity index (χ1n) is 14.1. The van der Waals surface area contributed by atoms with Gasteiger partial charge in [0.25, 0.3) is 0 Å². The molecule has 1 aliphatic rings. The Morgan fingerprint density at radius 1 is 0.857 bits per heavy atom. The molecule has 0 unspecified atom stereocenters. The number of piperidine rings is 1. The van der Waals surface area contributed by atoms with Crippen molar-refractivity contribution in [3.63, 3.8) is 0 Å². The van der Waals surface area contributed by atoms with E-state index in [2.05, 4.69) is 62.6 Å². The molecule has 42 heavy (non-hydrogen) atoms. The van der Waals surface area contributed by atoms with E-state index >= 15 is 0 Å². The van der Waals surface area contributed by atoms with E-state index in [1.807, 2.05) is 42.5 Å². The summed E-state index contributed by atoms with van der Waals surface area (Å²) in [5, 5.41) is 6.12. The Kier molecular flexibility index (Phi) is 8.38. The first-order valence-corrected chi connectivity index (χ1v) is 14.8. The summed E-state index contributed by atoms with van der Waals surface area (Å²) in [7, 11) is 0. The lowest BCUT2D eigenvalue weighted by Gasteiger charge is -2.32. The van der Waals surface area contributed by atoms with E-state index in [1.165, 1.54) is 0 Å². The van der Waals surface area contributed by atoms with Crippen molar-refractivity contribution in [2.24, 2.45) is 5.73 Å². The lowest BCUT2D eigenvalue weighted by Crippen LogP contribution is -2.38. The zero-order chi connectivity index (χ0) is 29.1. The van der Waals surface area contributed by atoms with E-state index < -0.39 is 5.91 Å². The molecule has 1 aromatic heterocycles. The van der Waals surface area contributed by atoms with Crippen molar-refractivity contribution in [3.05, 3.63) is 135 Å². The molecule has 0 aliphatic carbocycles. The number of likely N-dealkylation sites (tertiary alicyclic amines) is 1. The number of rotatable bonds is 8. The van der Waals surface area contributed by atoms with Crippen LogP contribution in [0.2, 0.25) is 10.0 Å². The highest BCUT2D eigenvalue weighted by Crippen LogP contribution is 2.35. The molecular weight excluding hydrogens is 565 g/mol. The van der Waals surface area contributed by atoms with Gasteiger partial charge in [-0.1, -0.05) is 65.7 Å². The minimum Gasteiger partial charge on any atom is -0.367 e. The summed E-state index contributed by atoms with van der Waals surface area (Å²) in [4.78, 5) is 23.2. The lowest BCUT2D eigenvalue weighted by molar-refractivity contribution is 0.1000. The summed E-state index contributed by atoms with van der Waals surface area (Å²) in [6, 6.07) is 30.3. The smallest absolute Gasteiger partial charge is 0.248 e. The zero-order valence-electron chi connectivity index (χ0n) is 23.0. The maximum absolute atomic E-state index is 11.6. The predicted octanol–water partition coefficient (Wildman–Crippen LogP) is 7.29. The van der Waals surface area contributed by atoms with E-state index in [1.54, 1.807) is 12.4 Å². The standard InChI is InChI=1S/C34H31Cl2N5O/c35-27-9-4-23(5-10-27)32(24-6-11-28(36)12-7-24)25-8-13-31-30(19-25)34(39-21-38-31)40-29-14-16-41(17-15-29)20-22-2-1-3-26(18-22)33(37)42/h1-13,18-19,21,29,32H,14-17,20H2,(H2,37,42)(H,38,39,40). The van der Waals surface area contributed by atoms with Crippen LogP contribution < -0.4 is 11.1 Å². The van der Waals surface area contributed by atoms with Crippen LogP contribution in [0.1, 0.15) is 51.4 Å². The van der Waals surface area contributed by atoms with Gasteiger partial charge in [0.05, 0.1) is 5.52 Å². The fourth-order valence-corrected chi connectivity index (χ4v) is 6.02. The maximum Gasteiger partial charge on any atom is 0.248 e. The molecule has 1 amide bonds. The number of aromatic nitrogens is 2. The van der Waals surface area contributed by atoms with Gasteiger partial charge in [-0.2, -0.15) is 0 Å². The van der Waals surface area contributed by atoms with Crippen LogP contribution in [0.25, 0.3) is 10.9 Å². The van der Waals surface area contributed by atoms with Crippen LogP contribution in [-0.2, 0) is 6.54 Å². The number of carbonyl (C=O) groups excluding carboxylic acids is 1. The average molecular weight is 597 g/mol. The van der Waals surface area contributed by atoms with E-state index in [9.17, 15) is 4.79 Å². The molecule has 0 spiro atoms. The Hall–Kier alpha value is -3.97. The second-order valence-corrected chi connectivity index (χ2v) is 11.7. The number of hydrogen-bond donors (Lipinski definition) is 2. The van der Waals surface area contributed by atoms with Gasteiger partial charge in [0.2, 0.25) is 5.91 Å². The second-order valence-electron chi connectivity index (χ2n) is 10.8. The highest BCUT2D eigenvalue weighted by Gasteiger charge is 2.22. The minimum absolute atomic E-state index is 0.00621. The number of hydrogen-bond acceptors (Lipinski definition) is 5. The molecule has 212 valence electrons. The third kappa shape index (κ3) is 6.41. The van der Waals surface area contributed by atoms with Crippen molar-refractivity contribution < 1.29 is 4.79 Å². The van der Waals surface area contributed by atoms with E-state index in [0.717, 1.165) is 71.5 Å². The van der Waals surface area contributed by atoms with Gasteiger partial charge in [-0.3, -0.25) is 9.69 Å². The van der Waals surface area contributed by atoms with Gasteiger partial charge < -0.3 is 11.1 Å². The van der Waals surface area contributed by atoms with Gasteiger partial charge in [-0.25, -0.2) is 9.97 Å². The molecule has 0 saturated carbocycles. The largest absolute Gasteiger partial charge is 0.367 e. The SMILES string of the molecule is NC(=O)c1cccc(CN2CCC(Nc3ncnc4ccc(C(c5ccc(Cl)cc5)c5ccc(Cl)cc5)cc34)CC2)c1. The second kappa shape index (κ2) is 12.5. The number of carbonyl (C=O) groups is 1. The molecule has 0 bridgehead atoms. The summed E-state index contributed by atoms with van der Waals surface area (Å²) in [6.07, 6.45) is 3.60. The number of primary amides is 1. The Morgan fingerprint density at radius 2 is 1.50 bits per heavy atom. The van der Waals surface area contributed by atoms with Crippen LogP contribution in [0.5, 0.6) is 0 Å². The van der Waals surface area contributed by atoms with E-state index in [0.29, 0.717) is 21.7 Å². The van der Waals surface area contributed by atoms with Crippen molar-refractivity contribution in [1.29, 1.82) is 0 Å². The van der Waals surface area contributed by atoms with E-state index in [-0.39, 0.29) is 5.92 Å². The molecule has 0 radical (unpaired) electrons. The zero-order valence-corrected chi connectivity index (χ0v) is 24.5. The topological polar surface area (TPSA) is 84.1 Å². The highest BCUT2D eigenvalue weighted by atomic mass is 35.5. The van der Waals surface area contributed by atoms with Crippen LogP contribution in [0.3, 0.4) is 0 Å². The summed E-state index contributed by atoms with van der Waals surface area (Å²) < 4.78 is 0. The van der Waals surface area contributed by atoms with Crippen molar-refractivity contribution in [2.45, 2.75) is 31.3 Å². The molecule has 1 saturated heterocycles. The van der Waals surface area contributed by atoms with Gasteiger partial charge in [0.15, 0.2) is 0 Å². The number of nitrogens with one attached hydrogen (secondary N) is 1. The molecular formula is C34H31Cl2N5O. The third-order valence-corrected chi connectivity index (χ3v) is 8.45. The first kappa shape index (κ1) is 28.2. The molecule has 1 aliphatic heterocycles. The van der Waals surface area contributed by atoms with Crippen molar-refractivity contribution >= 4 is 45.8 Å². The monoisotopic (exact) mass is 595 g/mol. The number of halogens is 2. The predicted molar refractivity (Wildman–Crippen MR) is 170 cm³/mol. The normalized spacial score (nSPS) is 14.4. The molecule has 6 nitrogen and oxygen atoms in total. The average Bonchev–Trinajstić information content (AvgIpc) is 3.00. The number of fused-ring (bicyclic) bond motifs is 1. The van der Waals surface area contributed by atoms with Crippen LogP contribution in [-0.4, -0.2) is 39.9 Å². The maximum atomic E-state index is 11.6. The van der Waals surface area contributed by atoms with Crippen molar-refractivity contribution in [2.75, 3.05) is 18.4 Å². The minimum atomic E-state index is -0.396. The molecule has 1 fully saturated rings. The lowest BCUT2D eigenvalue weighted by atomic mass is 9.84. The van der Waals surface area contributed by atoms with Crippen LogP contribution in [0, 0.1) is 0 Å². The van der Waals surface area contributed by atoms with Gasteiger partial charge in [-0.15, -0.1) is 0 Å². The molecule has 6 rings (SSSR count). The molecule has 8 heteroatoms. The van der Waals surface area contributed by atoms with Crippen molar-refractivity contribution in [1.82, 2.24) is 14.9 Å². The van der Waals surface area contributed by atoms with Crippen LogP contribution in [0.15, 0.2) is 97.3 Å². The number of benzene rings is 4. The summed E-state index contributed by atoms with van der Waals surface area (Å²) in [5.74, 6) is 0.446. The fourth-order valence-electron chi connectivity index (χ4n) is 5.77. The van der Waals surface area contributed by atoms with E-state index in [4.69, 9.17) is 28.9 Å². The van der Waals surface area contributed by atoms with Gasteiger partial charge in [0.1, 0.15) is 12.1 Å². The summed E-state index contributed by atoms with van der Waals surface area (Å²) in [6.45, 7) is 2.69. The molecule has 4 aromatic carbocycles. The van der Waals surface area contributed by atoms with Gasteiger partial charge in [-0.05, 0) is 83.6 Å². The summed E-state index contributed by atoms with van der Waals surface area (Å²) >= 11 is 12.5. The van der Waals surface area contributed by atoms with Crippen LogP contribution in [0.4, 0.5) is 5.82 Å². The Balaban J connectivity index is 1.22. The molecule has 0 atom stereocenters. The summed E-state index contributed by atoms with van der Waals surface area (Å²) in [5.41, 5.74) is 11.4. The molecule has 3 N–H and O–H groups in total. The highest BCUT2D eigenvalue weighted by molar-refractivity contribution is 6.30. The molecule has 5 aromatic rings. The molecule has 2 heterocycles. The Labute approximate surface area is 255 Å². The Morgan fingerprint density at radius 3 is 2.14 bits per heavy atom. The fraction of sp³-hybridized carbons (Fsp3) is 0.206. The van der Waals surface area contributed by atoms with Crippen LogP contribution >= 0.6 is 23.2 Å².